The molecule has 0 aliphatic carbocycles. The zero-order valence-electron chi connectivity index (χ0n) is 5.54. The van der Waals surface area contributed by atoms with E-state index < -0.39 is 0 Å². The second-order valence-corrected chi connectivity index (χ2v) is 2.67. The van der Waals surface area contributed by atoms with Crippen LogP contribution in [0.15, 0.2) is 28.9 Å². The first kappa shape index (κ1) is 6.55. The van der Waals surface area contributed by atoms with Crippen LogP contribution < -0.4 is 0 Å². The summed E-state index contributed by atoms with van der Waals surface area (Å²) >= 11 is 5.63. The third-order valence-electron chi connectivity index (χ3n) is 1.52. The average Bonchev–Trinajstić information content (AvgIpc) is 2.36. The van der Waals surface area contributed by atoms with Gasteiger partial charge in [-0.15, -0.1) is 0 Å². The molecule has 0 aliphatic rings. The molecule has 56 valence electrons. The normalized spacial score (nSPS) is 10.6. The number of benzene rings is 1. The molecule has 1 aromatic carbocycles. The molecule has 0 atom stereocenters. The molecule has 0 saturated heterocycles. The molecule has 0 saturated carbocycles. The van der Waals surface area contributed by atoms with E-state index in [0.29, 0.717) is 10.6 Å². The Hall–Kier alpha value is -1.15. The van der Waals surface area contributed by atoms with E-state index in [2.05, 4.69) is 0 Å². The fourth-order valence-electron chi connectivity index (χ4n) is 0.973. The maximum Gasteiger partial charge on any atom is 0.135 e. The third-order valence-corrected chi connectivity index (χ3v) is 1.82. The molecule has 0 amide bonds. The van der Waals surface area contributed by atoms with Crippen LogP contribution in [0.2, 0.25) is 5.02 Å². The molecule has 1 N–H and O–H groups in total. The van der Waals surface area contributed by atoms with Crippen molar-refractivity contribution < 1.29 is 9.52 Å². The Labute approximate surface area is 68.0 Å². The van der Waals surface area contributed by atoms with Crippen molar-refractivity contribution >= 4 is 22.6 Å². The van der Waals surface area contributed by atoms with Gasteiger partial charge in [-0.1, -0.05) is 11.6 Å². The van der Waals surface area contributed by atoms with E-state index in [1.54, 1.807) is 24.5 Å². The number of hydrogen-bond acceptors (Lipinski definition) is 2. The zero-order chi connectivity index (χ0) is 7.84. The molecule has 2 rings (SSSR count). The number of phenols is 1. The van der Waals surface area contributed by atoms with Gasteiger partial charge < -0.3 is 9.52 Å². The fraction of sp³-hybridized carbons (Fsp3) is 0. The lowest BCUT2D eigenvalue weighted by molar-refractivity contribution is 0.476. The molecule has 0 fully saturated rings. The minimum Gasteiger partial charge on any atom is -0.506 e. The summed E-state index contributed by atoms with van der Waals surface area (Å²) in [5, 5.41) is 10.3. The van der Waals surface area contributed by atoms with Crippen molar-refractivity contribution in [1.82, 2.24) is 0 Å². The number of halogens is 1. The first-order valence-electron chi connectivity index (χ1n) is 3.13. The molecule has 0 aliphatic heterocycles. The van der Waals surface area contributed by atoms with Gasteiger partial charge in [0.1, 0.15) is 11.3 Å². The van der Waals surface area contributed by atoms with Crippen LogP contribution in [-0.2, 0) is 0 Å². The highest BCUT2D eigenvalue weighted by atomic mass is 35.5. The Bertz CT molecular complexity index is 356. The van der Waals surface area contributed by atoms with Crippen molar-refractivity contribution in [3.63, 3.8) is 0 Å². The molecular formula is C8H5ClO2. The number of phenolic OH excluding ortho intramolecular Hbond substituents is 1. The predicted molar refractivity (Wildman–Crippen MR) is 42.9 cm³/mol. The molecule has 0 radical (unpaired) electrons. The fourth-order valence-corrected chi connectivity index (χ4v) is 1.13. The summed E-state index contributed by atoms with van der Waals surface area (Å²) < 4.78 is 5.06. The summed E-state index contributed by atoms with van der Waals surface area (Å²) in [6, 6.07) is 4.93. The van der Waals surface area contributed by atoms with Crippen LogP contribution in [-0.4, -0.2) is 5.11 Å². The standard InChI is InChI=1S/C8H5ClO2/c9-6-4-8-5(1-2-11-8)3-7(6)10/h1-4,10H. The molecule has 0 unspecified atom stereocenters. The van der Waals surface area contributed by atoms with Crippen molar-refractivity contribution in [3.05, 3.63) is 29.5 Å². The van der Waals surface area contributed by atoms with Gasteiger partial charge >= 0.3 is 0 Å². The second kappa shape index (κ2) is 2.17. The maximum absolute atomic E-state index is 9.16. The van der Waals surface area contributed by atoms with E-state index in [1.165, 1.54) is 0 Å². The van der Waals surface area contributed by atoms with E-state index in [4.69, 9.17) is 21.1 Å². The van der Waals surface area contributed by atoms with E-state index in [0.717, 1.165) is 5.39 Å². The average molecular weight is 169 g/mol. The number of furan rings is 1. The molecule has 2 aromatic rings. The molecule has 3 heteroatoms. The van der Waals surface area contributed by atoms with Crippen molar-refractivity contribution in [2.24, 2.45) is 0 Å². The third kappa shape index (κ3) is 0.955. The molecule has 2 nitrogen and oxygen atoms in total. The van der Waals surface area contributed by atoms with Gasteiger partial charge in [-0.25, -0.2) is 0 Å². The Balaban J connectivity index is 2.86. The predicted octanol–water partition coefficient (Wildman–Crippen LogP) is 2.79. The summed E-state index contributed by atoms with van der Waals surface area (Å²) in [5.41, 5.74) is 0.688. The highest BCUT2D eigenvalue weighted by Gasteiger charge is 2.02. The lowest BCUT2D eigenvalue weighted by atomic mass is 10.2. The lowest BCUT2D eigenvalue weighted by Gasteiger charge is -1.93. The summed E-state index contributed by atoms with van der Waals surface area (Å²) in [7, 11) is 0. The number of fused-ring (bicyclic) bond motifs is 1. The van der Waals surface area contributed by atoms with Gasteiger partial charge in [0.2, 0.25) is 0 Å². The lowest BCUT2D eigenvalue weighted by Crippen LogP contribution is -1.67. The minimum absolute atomic E-state index is 0.0839. The first-order chi connectivity index (χ1) is 5.27. The Morgan fingerprint density at radius 1 is 1.36 bits per heavy atom. The maximum atomic E-state index is 9.16. The number of rotatable bonds is 0. The Morgan fingerprint density at radius 3 is 3.00 bits per heavy atom. The van der Waals surface area contributed by atoms with Crippen LogP contribution in [0.25, 0.3) is 11.0 Å². The highest BCUT2D eigenvalue weighted by Crippen LogP contribution is 2.29. The SMILES string of the molecule is Oc1cc2ccoc2cc1Cl. The number of aromatic hydroxyl groups is 1. The van der Waals surface area contributed by atoms with Crippen molar-refractivity contribution in [1.29, 1.82) is 0 Å². The largest absolute Gasteiger partial charge is 0.506 e. The van der Waals surface area contributed by atoms with Gasteiger partial charge in [0.15, 0.2) is 0 Å². The van der Waals surface area contributed by atoms with Crippen LogP contribution in [0.3, 0.4) is 0 Å². The van der Waals surface area contributed by atoms with Crippen LogP contribution in [0.4, 0.5) is 0 Å². The summed E-state index contributed by atoms with van der Waals surface area (Å²) in [6.45, 7) is 0. The van der Waals surface area contributed by atoms with Crippen LogP contribution >= 0.6 is 11.6 Å². The topological polar surface area (TPSA) is 33.4 Å². The van der Waals surface area contributed by atoms with Crippen molar-refractivity contribution in [2.75, 3.05) is 0 Å². The monoisotopic (exact) mass is 168 g/mol. The van der Waals surface area contributed by atoms with E-state index in [1.807, 2.05) is 0 Å². The Morgan fingerprint density at radius 2 is 2.18 bits per heavy atom. The molecule has 11 heavy (non-hydrogen) atoms. The van der Waals surface area contributed by atoms with Crippen molar-refractivity contribution in [2.45, 2.75) is 0 Å². The molecule has 1 heterocycles. The summed E-state index contributed by atoms with van der Waals surface area (Å²) in [6.07, 6.45) is 1.56. The van der Waals surface area contributed by atoms with E-state index >= 15 is 0 Å². The van der Waals surface area contributed by atoms with Gasteiger partial charge in [0.05, 0.1) is 11.3 Å². The minimum atomic E-state index is 0.0839. The highest BCUT2D eigenvalue weighted by molar-refractivity contribution is 6.32. The van der Waals surface area contributed by atoms with Gasteiger partial charge in [-0.2, -0.15) is 0 Å². The Kier molecular flexibility index (Phi) is 1.29. The van der Waals surface area contributed by atoms with Crippen molar-refractivity contribution in [3.8, 4) is 5.75 Å². The molecule has 0 spiro atoms. The van der Waals surface area contributed by atoms with E-state index in [9.17, 15) is 0 Å². The second-order valence-electron chi connectivity index (χ2n) is 2.26. The van der Waals surface area contributed by atoms with Crippen LogP contribution in [0.1, 0.15) is 0 Å². The van der Waals surface area contributed by atoms with Gasteiger partial charge in [-0.05, 0) is 12.1 Å². The van der Waals surface area contributed by atoms with E-state index in [-0.39, 0.29) is 5.75 Å². The van der Waals surface area contributed by atoms with Crippen LogP contribution in [0, 0.1) is 0 Å². The smallest absolute Gasteiger partial charge is 0.135 e. The molecule has 0 bridgehead atoms. The molecule has 1 aromatic heterocycles. The molecular weight excluding hydrogens is 164 g/mol. The first-order valence-corrected chi connectivity index (χ1v) is 3.51. The summed E-state index contributed by atoms with van der Waals surface area (Å²) in [5.74, 6) is 0.0839. The number of hydrogen-bond donors (Lipinski definition) is 1. The van der Waals surface area contributed by atoms with Crippen LogP contribution in [0.5, 0.6) is 5.75 Å². The summed E-state index contributed by atoms with van der Waals surface area (Å²) in [4.78, 5) is 0. The quantitative estimate of drug-likeness (QED) is 0.656. The zero-order valence-corrected chi connectivity index (χ0v) is 6.30. The van der Waals surface area contributed by atoms with Gasteiger partial charge in [0.25, 0.3) is 0 Å². The van der Waals surface area contributed by atoms with Gasteiger partial charge in [0, 0.05) is 11.5 Å². The van der Waals surface area contributed by atoms with Gasteiger partial charge in [-0.3, -0.25) is 0 Å².